The van der Waals surface area contributed by atoms with Crippen molar-refractivity contribution in [2.45, 2.75) is 0 Å². The van der Waals surface area contributed by atoms with E-state index in [1.165, 1.54) is 0 Å². The Bertz CT molecular complexity index is 4230. The second kappa shape index (κ2) is 14.1. The van der Waals surface area contributed by atoms with Gasteiger partial charge in [-0.25, -0.2) is 0 Å². The average Bonchev–Trinajstić information content (AvgIpc) is 4.17. The minimum absolute atomic E-state index is 0.719. The highest BCUT2D eigenvalue weighted by atomic mass is 16.4. The molecular weight excluding hydrogens is 837 g/mol. The predicted octanol–water partition coefficient (Wildman–Crippen LogP) is 18.5. The molecule has 6 nitrogen and oxygen atoms in total. The van der Waals surface area contributed by atoms with E-state index < -0.39 is 0 Å². The minimum atomic E-state index is 0.719. The van der Waals surface area contributed by atoms with Gasteiger partial charge in [-0.1, -0.05) is 121 Å². The van der Waals surface area contributed by atoms with Crippen LogP contribution in [0.5, 0.6) is 0 Å². The molecule has 0 radical (unpaired) electrons. The fourth-order valence-corrected chi connectivity index (χ4v) is 10.8. The zero-order chi connectivity index (χ0) is 44.5. The minimum Gasteiger partial charge on any atom is -0.456 e. The van der Waals surface area contributed by atoms with Crippen molar-refractivity contribution in [2.75, 3.05) is 9.80 Å². The Morgan fingerprint density at radius 2 is 0.588 bits per heavy atom. The number of rotatable bonds is 6. The molecule has 0 saturated carbocycles. The van der Waals surface area contributed by atoms with Gasteiger partial charge in [-0.2, -0.15) is 0 Å². The maximum absolute atomic E-state index is 7.12. The Kier molecular flexibility index (Phi) is 7.69. The van der Waals surface area contributed by atoms with Gasteiger partial charge >= 0.3 is 0 Å². The lowest BCUT2D eigenvalue weighted by Crippen LogP contribution is -2.10. The van der Waals surface area contributed by atoms with Gasteiger partial charge in [-0.05, 0) is 95.7 Å². The molecule has 318 valence electrons. The lowest BCUT2D eigenvalue weighted by Gasteiger charge is -2.27. The number of nitrogens with zero attached hydrogens (tertiary/aromatic N) is 2. The average molecular weight is 873 g/mol. The van der Waals surface area contributed by atoms with Crippen LogP contribution in [0.3, 0.4) is 0 Å². The molecule has 0 N–H and O–H groups in total. The molecule has 0 unspecified atom stereocenters. The molecule has 0 saturated heterocycles. The molecule has 4 heterocycles. The fraction of sp³-hybridized carbons (Fsp3) is 0. The summed E-state index contributed by atoms with van der Waals surface area (Å²) in [6.45, 7) is 0. The summed E-state index contributed by atoms with van der Waals surface area (Å²) in [6, 6.07) is 76.5. The molecule has 6 heteroatoms. The number of hydrogen-bond donors (Lipinski definition) is 0. The van der Waals surface area contributed by atoms with Crippen molar-refractivity contribution in [2.24, 2.45) is 0 Å². The summed E-state index contributed by atoms with van der Waals surface area (Å²) in [4.78, 5) is 4.65. The topological polar surface area (TPSA) is 59.0 Å². The molecule has 4 aromatic heterocycles. The summed E-state index contributed by atoms with van der Waals surface area (Å²) < 4.78 is 26.8. The Morgan fingerprint density at radius 3 is 1.03 bits per heavy atom. The molecular formula is C62H36N2O4. The van der Waals surface area contributed by atoms with Gasteiger partial charge < -0.3 is 27.5 Å². The van der Waals surface area contributed by atoms with E-state index in [1.807, 2.05) is 24.3 Å². The molecule has 0 spiro atoms. The van der Waals surface area contributed by atoms with Gasteiger partial charge in [0.25, 0.3) is 0 Å². The first-order valence-electron chi connectivity index (χ1n) is 22.9. The maximum Gasteiger partial charge on any atom is 0.178 e. The largest absolute Gasteiger partial charge is 0.456 e. The standard InChI is InChI=1S/C62H36N2O4/c1-3-15-37(16-4-1)63(39-27-31-55-49(33-39)43-21-11-13-25-53(43)65-55)51-35-57-59(45-23-9-7-19-41(45)51)47-29-30-48-60-46-24-10-8-20-42(46)52(36-58(60)68-62(48)61(47)67-57)64(38-17-5-2-6-18-38)40-28-32-56-50(34-40)44-22-12-14-26-54(44)66-56/h1-36H. The third kappa shape index (κ3) is 5.34. The van der Waals surface area contributed by atoms with Gasteiger partial charge in [0.05, 0.1) is 11.4 Å². The lowest BCUT2D eigenvalue weighted by atomic mass is 9.98. The maximum atomic E-state index is 7.12. The molecule has 15 rings (SSSR count). The highest BCUT2D eigenvalue weighted by Crippen LogP contribution is 2.50. The highest BCUT2D eigenvalue weighted by Gasteiger charge is 2.26. The first-order valence-corrected chi connectivity index (χ1v) is 22.9. The number of anilines is 6. The van der Waals surface area contributed by atoms with Crippen LogP contribution in [0.4, 0.5) is 34.1 Å². The fourth-order valence-electron chi connectivity index (χ4n) is 10.8. The summed E-state index contributed by atoms with van der Waals surface area (Å²) in [7, 11) is 0. The molecule has 0 aliphatic carbocycles. The summed E-state index contributed by atoms with van der Waals surface area (Å²) in [5.41, 5.74) is 12.5. The SMILES string of the molecule is c1ccc(N(c2ccc3oc4ccccc4c3c2)c2cc3oc4c(ccc5c4oc4cc(N(c6ccccc6)c6ccc7oc8ccccc8c7c6)c6ccccc6c45)c3c3ccccc23)cc1. The second-order valence-corrected chi connectivity index (χ2v) is 17.6. The Labute approximate surface area is 387 Å². The van der Waals surface area contributed by atoms with Crippen LogP contribution >= 0.6 is 0 Å². The zero-order valence-electron chi connectivity index (χ0n) is 36.3. The van der Waals surface area contributed by atoms with Crippen LogP contribution in [-0.2, 0) is 0 Å². The zero-order valence-corrected chi connectivity index (χ0v) is 36.3. The van der Waals surface area contributed by atoms with Crippen molar-refractivity contribution in [3.63, 3.8) is 0 Å². The van der Waals surface area contributed by atoms with Gasteiger partial charge in [0.1, 0.15) is 33.5 Å². The lowest BCUT2D eigenvalue weighted by molar-refractivity contribution is 0.633. The van der Waals surface area contributed by atoms with Gasteiger partial charge in [-0.3, -0.25) is 0 Å². The summed E-state index contributed by atoms with van der Waals surface area (Å²) >= 11 is 0. The van der Waals surface area contributed by atoms with Crippen molar-refractivity contribution in [1.82, 2.24) is 0 Å². The van der Waals surface area contributed by atoms with Crippen LogP contribution in [0, 0.1) is 0 Å². The molecule has 0 bridgehead atoms. The van der Waals surface area contributed by atoms with E-state index in [1.54, 1.807) is 0 Å². The molecule has 15 aromatic rings. The van der Waals surface area contributed by atoms with E-state index >= 15 is 0 Å². The van der Waals surface area contributed by atoms with Gasteiger partial charge in [0.2, 0.25) is 0 Å². The second-order valence-electron chi connectivity index (χ2n) is 17.6. The van der Waals surface area contributed by atoms with E-state index in [2.05, 4.69) is 204 Å². The Morgan fingerprint density at radius 1 is 0.221 bits per heavy atom. The van der Waals surface area contributed by atoms with Crippen LogP contribution in [0.1, 0.15) is 0 Å². The van der Waals surface area contributed by atoms with Crippen molar-refractivity contribution < 1.29 is 17.7 Å². The van der Waals surface area contributed by atoms with Crippen LogP contribution in [-0.4, -0.2) is 0 Å². The smallest absolute Gasteiger partial charge is 0.178 e. The number of hydrogen-bond acceptors (Lipinski definition) is 6. The number of furan rings is 4. The quantitative estimate of drug-likeness (QED) is 0.166. The van der Waals surface area contributed by atoms with Crippen LogP contribution in [0.25, 0.3) is 109 Å². The van der Waals surface area contributed by atoms with E-state index in [-0.39, 0.29) is 0 Å². The predicted molar refractivity (Wildman–Crippen MR) is 280 cm³/mol. The van der Waals surface area contributed by atoms with E-state index in [4.69, 9.17) is 17.7 Å². The normalized spacial score (nSPS) is 12.1. The summed E-state index contributed by atoms with van der Waals surface area (Å²) in [5, 5.41) is 12.8. The highest BCUT2D eigenvalue weighted by molar-refractivity contribution is 6.30. The molecule has 0 aliphatic heterocycles. The van der Waals surface area contributed by atoms with Gasteiger partial charge in [-0.15, -0.1) is 0 Å². The van der Waals surface area contributed by atoms with E-state index in [0.717, 1.165) is 143 Å². The first-order chi connectivity index (χ1) is 33.7. The van der Waals surface area contributed by atoms with Crippen LogP contribution < -0.4 is 9.80 Å². The molecule has 0 atom stereocenters. The molecule has 0 amide bonds. The number of fused-ring (bicyclic) bond motifs is 17. The van der Waals surface area contributed by atoms with Gasteiger partial charge in [0, 0.05) is 88.7 Å². The van der Waals surface area contributed by atoms with Crippen LogP contribution in [0.15, 0.2) is 236 Å². The molecule has 0 fully saturated rings. The first kappa shape index (κ1) is 37.0. The van der Waals surface area contributed by atoms with Crippen molar-refractivity contribution in [3.8, 4) is 0 Å². The Hall–Kier alpha value is -9.26. The van der Waals surface area contributed by atoms with Crippen molar-refractivity contribution >= 4 is 143 Å². The van der Waals surface area contributed by atoms with Crippen LogP contribution in [0.2, 0.25) is 0 Å². The Balaban J connectivity index is 0.964. The van der Waals surface area contributed by atoms with E-state index in [9.17, 15) is 0 Å². The third-order valence-electron chi connectivity index (χ3n) is 13.8. The monoisotopic (exact) mass is 872 g/mol. The van der Waals surface area contributed by atoms with Crippen molar-refractivity contribution in [1.29, 1.82) is 0 Å². The third-order valence-corrected chi connectivity index (χ3v) is 13.8. The molecule has 11 aromatic carbocycles. The number of para-hydroxylation sites is 4. The number of benzene rings is 11. The van der Waals surface area contributed by atoms with Crippen molar-refractivity contribution in [3.05, 3.63) is 218 Å². The summed E-state index contributed by atoms with van der Waals surface area (Å²) in [6.07, 6.45) is 0. The molecule has 0 aliphatic rings. The van der Waals surface area contributed by atoms with Gasteiger partial charge in [0.15, 0.2) is 11.2 Å². The van der Waals surface area contributed by atoms with E-state index in [0.29, 0.717) is 0 Å². The molecule has 68 heavy (non-hydrogen) atoms. The summed E-state index contributed by atoms with van der Waals surface area (Å²) in [5.74, 6) is 0.